The zero-order valence-corrected chi connectivity index (χ0v) is 11.7. The summed E-state index contributed by atoms with van der Waals surface area (Å²) >= 11 is 0. The number of nitrogens with zero attached hydrogens (tertiary/aromatic N) is 1. The Hall–Kier alpha value is -1.00. The minimum Gasteiger partial charge on any atom is -0.311 e. The third kappa shape index (κ3) is 2.54. The Bertz CT molecular complexity index is 387. The van der Waals surface area contributed by atoms with Crippen molar-refractivity contribution in [1.82, 2.24) is 10.2 Å². The van der Waals surface area contributed by atoms with Gasteiger partial charge in [0, 0.05) is 11.1 Å². The molecule has 2 unspecified atom stereocenters. The standard InChI is InChI=1S/C14H22F2N2/c1-6-14(2,18(4)5)13(17-3)12-10(15)8-7-9-11(12)16/h7-9,13,17H,6H2,1-5H3. The van der Waals surface area contributed by atoms with Crippen LogP contribution in [-0.2, 0) is 0 Å². The van der Waals surface area contributed by atoms with Crippen LogP contribution in [0.4, 0.5) is 8.78 Å². The van der Waals surface area contributed by atoms with E-state index < -0.39 is 17.7 Å². The fraction of sp³-hybridized carbons (Fsp3) is 0.571. The van der Waals surface area contributed by atoms with Crippen LogP contribution in [0.5, 0.6) is 0 Å². The van der Waals surface area contributed by atoms with Crippen molar-refractivity contribution in [3.05, 3.63) is 35.4 Å². The molecule has 0 heterocycles. The summed E-state index contributed by atoms with van der Waals surface area (Å²) in [5, 5.41) is 3.05. The SMILES string of the molecule is CCC(C)(C(NC)c1c(F)cccc1F)N(C)C. The average molecular weight is 256 g/mol. The maximum absolute atomic E-state index is 13.9. The number of nitrogens with one attached hydrogen (secondary N) is 1. The molecule has 2 nitrogen and oxygen atoms in total. The van der Waals surface area contributed by atoms with Gasteiger partial charge in [0.2, 0.25) is 0 Å². The van der Waals surface area contributed by atoms with Crippen molar-refractivity contribution in [2.45, 2.75) is 31.8 Å². The molecule has 18 heavy (non-hydrogen) atoms. The predicted molar refractivity (Wildman–Crippen MR) is 70.5 cm³/mol. The zero-order chi connectivity index (χ0) is 13.9. The minimum atomic E-state index is -0.504. The fourth-order valence-corrected chi connectivity index (χ4v) is 2.33. The van der Waals surface area contributed by atoms with E-state index in [9.17, 15) is 8.78 Å². The lowest BCUT2D eigenvalue weighted by molar-refractivity contribution is 0.113. The number of rotatable bonds is 5. The monoisotopic (exact) mass is 256 g/mol. The Morgan fingerprint density at radius 1 is 1.28 bits per heavy atom. The molecule has 0 radical (unpaired) electrons. The number of halogens is 2. The highest BCUT2D eigenvalue weighted by Crippen LogP contribution is 2.34. The van der Waals surface area contributed by atoms with E-state index >= 15 is 0 Å². The Morgan fingerprint density at radius 3 is 2.11 bits per heavy atom. The van der Waals surface area contributed by atoms with Crippen LogP contribution in [0.15, 0.2) is 18.2 Å². The second-order valence-corrected chi connectivity index (χ2v) is 4.96. The van der Waals surface area contributed by atoms with Gasteiger partial charge in [-0.1, -0.05) is 13.0 Å². The number of likely N-dealkylation sites (N-methyl/N-ethyl adjacent to an activating group) is 2. The number of hydrogen-bond donors (Lipinski definition) is 1. The molecule has 0 spiro atoms. The summed E-state index contributed by atoms with van der Waals surface area (Å²) in [6.07, 6.45) is 0.777. The molecule has 0 bridgehead atoms. The molecule has 1 aromatic rings. The second-order valence-electron chi connectivity index (χ2n) is 4.96. The smallest absolute Gasteiger partial charge is 0.130 e. The molecular formula is C14H22F2N2. The number of benzene rings is 1. The third-order valence-electron chi connectivity index (χ3n) is 3.94. The number of hydrogen-bond acceptors (Lipinski definition) is 2. The van der Waals surface area contributed by atoms with Gasteiger partial charge >= 0.3 is 0 Å². The molecule has 0 aliphatic rings. The van der Waals surface area contributed by atoms with Crippen molar-refractivity contribution >= 4 is 0 Å². The molecule has 102 valence electrons. The van der Waals surface area contributed by atoms with E-state index in [1.165, 1.54) is 18.2 Å². The lowest BCUT2D eigenvalue weighted by Crippen LogP contribution is -2.51. The second kappa shape index (κ2) is 5.76. The molecular weight excluding hydrogens is 234 g/mol. The Kier molecular flexibility index (Phi) is 4.82. The van der Waals surface area contributed by atoms with Crippen LogP contribution >= 0.6 is 0 Å². The van der Waals surface area contributed by atoms with Gasteiger partial charge in [0.1, 0.15) is 11.6 Å². The van der Waals surface area contributed by atoms with Crippen LogP contribution in [0.3, 0.4) is 0 Å². The van der Waals surface area contributed by atoms with E-state index in [1.807, 2.05) is 32.8 Å². The molecule has 1 aromatic carbocycles. The molecule has 0 aliphatic carbocycles. The molecule has 0 amide bonds. The highest BCUT2D eigenvalue weighted by atomic mass is 19.1. The van der Waals surface area contributed by atoms with Gasteiger partial charge in [-0.2, -0.15) is 0 Å². The van der Waals surface area contributed by atoms with Crippen molar-refractivity contribution in [3.63, 3.8) is 0 Å². The van der Waals surface area contributed by atoms with Gasteiger partial charge in [-0.25, -0.2) is 8.78 Å². The molecule has 2 atom stereocenters. The first-order valence-electron chi connectivity index (χ1n) is 6.17. The van der Waals surface area contributed by atoms with Crippen molar-refractivity contribution in [1.29, 1.82) is 0 Å². The molecule has 0 fully saturated rings. The third-order valence-corrected chi connectivity index (χ3v) is 3.94. The summed E-state index contributed by atoms with van der Waals surface area (Å²) in [5.74, 6) is -1.01. The van der Waals surface area contributed by atoms with Gasteiger partial charge in [0.15, 0.2) is 0 Å². The molecule has 0 saturated carbocycles. The van der Waals surface area contributed by atoms with Crippen LogP contribution in [0.1, 0.15) is 31.9 Å². The van der Waals surface area contributed by atoms with Crippen molar-refractivity contribution < 1.29 is 8.78 Å². The molecule has 0 aromatic heterocycles. The zero-order valence-electron chi connectivity index (χ0n) is 11.7. The van der Waals surface area contributed by atoms with Gasteiger partial charge < -0.3 is 10.2 Å². The van der Waals surface area contributed by atoms with Crippen LogP contribution < -0.4 is 5.32 Å². The first-order valence-corrected chi connectivity index (χ1v) is 6.17. The molecule has 0 aliphatic heterocycles. The van der Waals surface area contributed by atoms with Crippen LogP contribution in [0.25, 0.3) is 0 Å². The Labute approximate surface area is 108 Å². The van der Waals surface area contributed by atoms with E-state index in [-0.39, 0.29) is 11.1 Å². The van der Waals surface area contributed by atoms with Crippen molar-refractivity contribution in [2.24, 2.45) is 0 Å². The first-order chi connectivity index (χ1) is 8.38. The minimum absolute atomic E-state index is 0.109. The quantitative estimate of drug-likeness (QED) is 0.871. The Balaban J connectivity index is 3.33. The maximum atomic E-state index is 13.9. The summed E-state index contributed by atoms with van der Waals surface area (Å²) in [4.78, 5) is 2.00. The van der Waals surface area contributed by atoms with Gasteiger partial charge in [-0.3, -0.25) is 0 Å². The summed E-state index contributed by atoms with van der Waals surface area (Å²) in [5.41, 5.74) is -0.254. The van der Waals surface area contributed by atoms with Gasteiger partial charge in [0.25, 0.3) is 0 Å². The predicted octanol–water partition coefficient (Wildman–Crippen LogP) is 2.96. The molecule has 4 heteroatoms. The van der Waals surface area contributed by atoms with Crippen molar-refractivity contribution in [2.75, 3.05) is 21.1 Å². The van der Waals surface area contributed by atoms with E-state index in [0.717, 1.165) is 6.42 Å². The largest absolute Gasteiger partial charge is 0.311 e. The van der Waals surface area contributed by atoms with E-state index in [1.54, 1.807) is 7.05 Å². The van der Waals surface area contributed by atoms with Crippen LogP contribution in [0, 0.1) is 11.6 Å². The van der Waals surface area contributed by atoms with Gasteiger partial charge in [-0.05, 0) is 46.6 Å². The van der Waals surface area contributed by atoms with E-state index in [4.69, 9.17) is 0 Å². The van der Waals surface area contributed by atoms with Gasteiger partial charge in [0.05, 0.1) is 6.04 Å². The van der Waals surface area contributed by atoms with Gasteiger partial charge in [-0.15, -0.1) is 0 Å². The molecule has 1 N–H and O–H groups in total. The Morgan fingerprint density at radius 2 is 1.78 bits per heavy atom. The highest BCUT2D eigenvalue weighted by molar-refractivity contribution is 5.26. The van der Waals surface area contributed by atoms with Crippen LogP contribution in [0.2, 0.25) is 0 Å². The highest BCUT2D eigenvalue weighted by Gasteiger charge is 2.37. The molecule has 1 rings (SSSR count). The topological polar surface area (TPSA) is 15.3 Å². The van der Waals surface area contributed by atoms with Crippen LogP contribution in [-0.4, -0.2) is 31.6 Å². The van der Waals surface area contributed by atoms with E-state index in [2.05, 4.69) is 5.32 Å². The van der Waals surface area contributed by atoms with Crippen molar-refractivity contribution in [3.8, 4) is 0 Å². The normalized spacial score (nSPS) is 16.7. The summed E-state index contributed by atoms with van der Waals surface area (Å²) in [7, 11) is 5.58. The maximum Gasteiger partial charge on any atom is 0.130 e. The molecule has 0 saturated heterocycles. The lowest BCUT2D eigenvalue weighted by atomic mass is 9.83. The first kappa shape index (κ1) is 15.1. The average Bonchev–Trinajstić information content (AvgIpc) is 2.32. The summed E-state index contributed by atoms with van der Waals surface area (Å²) in [6.45, 7) is 4.02. The fourth-order valence-electron chi connectivity index (χ4n) is 2.33. The summed E-state index contributed by atoms with van der Waals surface area (Å²) < 4.78 is 27.8. The summed E-state index contributed by atoms with van der Waals surface area (Å²) in [6, 6.07) is 3.58. The van der Waals surface area contributed by atoms with E-state index in [0.29, 0.717) is 0 Å². The lowest BCUT2D eigenvalue weighted by Gasteiger charge is -2.43.